The van der Waals surface area contributed by atoms with Crippen molar-refractivity contribution in [3.05, 3.63) is 48.6 Å². The van der Waals surface area contributed by atoms with Crippen LogP contribution in [0, 0.1) is 0 Å². The third-order valence-corrected chi connectivity index (χ3v) is 11.2. The van der Waals surface area contributed by atoms with Gasteiger partial charge in [-0.25, -0.2) is 4.57 Å². The highest BCUT2D eigenvalue weighted by Gasteiger charge is 2.26. The van der Waals surface area contributed by atoms with Gasteiger partial charge in [-0.1, -0.05) is 178 Å². The van der Waals surface area contributed by atoms with E-state index in [0.717, 1.165) is 77.0 Å². The minimum absolute atomic E-state index is 0.0498. The predicted molar refractivity (Wildman–Crippen MR) is 247 cm³/mol. The summed E-state index contributed by atoms with van der Waals surface area (Å²) >= 11 is 0. The summed E-state index contributed by atoms with van der Waals surface area (Å²) in [6.45, 7) is 3.71. The first-order valence-corrected chi connectivity index (χ1v) is 25.6. The summed E-state index contributed by atoms with van der Waals surface area (Å²) in [6, 6.07) is 0. The normalized spacial score (nSPS) is 13.6. The molecule has 2 atom stereocenters. The van der Waals surface area contributed by atoms with Crippen LogP contribution in [0.5, 0.6) is 0 Å². The van der Waals surface area contributed by atoms with Crippen molar-refractivity contribution in [1.82, 2.24) is 0 Å². The van der Waals surface area contributed by atoms with E-state index in [1.165, 1.54) is 109 Å². The first-order valence-electron chi connectivity index (χ1n) is 24.1. The summed E-state index contributed by atoms with van der Waals surface area (Å²) in [7, 11) is -4.38. The van der Waals surface area contributed by atoms with Gasteiger partial charge in [0.25, 0.3) is 0 Å². The van der Waals surface area contributed by atoms with E-state index < -0.39 is 32.5 Å². The third kappa shape index (κ3) is 45.3. The summed E-state index contributed by atoms with van der Waals surface area (Å²) in [5.74, 6) is -0.844. The minimum atomic E-state index is -4.38. The first kappa shape index (κ1) is 57.0. The first-order chi connectivity index (χ1) is 28.8. The van der Waals surface area contributed by atoms with Gasteiger partial charge in [-0.05, 0) is 77.0 Å². The Morgan fingerprint density at radius 1 is 0.508 bits per heavy atom. The summed E-state index contributed by atoms with van der Waals surface area (Å²) < 4.78 is 32.8. The van der Waals surface area contributed by atoms with Crippen molar-refractivity contribution in [2.24, 2.45) is 5.73 Å². The largest absolute Gasteiger partial charge is 0.472 e. The van der Waals surface area contributed by atoms with Crippen LogP contribution in [0.2, 0.25) is 0 Å². The molecule has 0 radical (unpaired) electrons. The van der Waals surface area contributed by atoms with Crippen LogP contribution in [0.4, 0.5) is 0 Å². The van der Waals surface area contributed by atoms with E-state index in [1.807, 2.05) is 0 Å². The Morgan fingerprint density at radius 2 is 0.881 bits per heavy atom. The second-order valence-electron chi connectivity index (χ2n) is 16.0. The zero-order valence-corrected chi connectivity index (χ0v) is 38.9. The number of hydrogen-bond acceptors (Lipinski definition) is 8. The molecule has 0 aliphatic rings. The fourth-order valence-electron chi connectivity index (χ4n) is 6.58. The molecule has 59 heavy (non-hydrogen) atoms. The smallest absolute Gasteiger partial charge is 0.462 e. The zero-order valence-electron chi connectivity index (χ0n) is 38.0. The number of esters is 2. The average Bonchev–Trinajstić information content (AvgIpc) is 3.22. The number of carbonyl (C=O) groups is 2. The van der Waals surface area contributed by atoms with Gasteiger partial charge in [0, 0.05) is 19.4 Å². The van der Waals surface area contributed by atoms with E-state index in [0.29, 0.717) is 6.42 Å². The van der Waals surface area contributed by atoms with Crippen molar-refractivity contribution in [3.8, 4) is 0 Å². The summed E-state index contributed by atoms with van der Waals surface area (Å²) in [6.07, 6.45) is 52.8. The average molecular weight is 852 g/mol. The quantitative estimate of drug-likeness (QED) is 0.0266. The number of carbonyl (C=O) groups excluding carboxylic acids is 2. The molecule has 0 fully saturated rings. The lowest BCUT2D eigenvalue weighted by Crippen LogP contribution is -2.29. The molecule has 0 aromatic rings. The lowest BCUT2D eigenvalue weighted by molar-refractivity contribution is -0.161. The van der Waals surface area contributed by atoms with Crippen molar-refractivity contribution < 1.29 is 37.6 Å². The van der Waals surface area contributed by atoms with Crippen molar-refractivity contribution >= 4 is 19.8 Å². The number of ether oxygens (including phenoxy) is 2. The summed E-state index contributed by atoms with van der Waals surface area (Å²) in [4.78, 5) is 35.0. The Balaban J connectivity index is 4.11. The Bertz CT molecular complexity index is 1110. The van der Waals surface area contributed by atoms with Gasteiger partial charge in [-0.2, -0.15) is 0 Å². The van der Waals surface area contributed by atoms with Gasteiger partial charge < -0.3 is 20.1 Å². The second kappa shape index (κ2) is 45.5. The number of unbranched alkanes of at least 4 members (excludes halogenated alkanes) is 24. The number of nitrogens with two attached hydrogens (primary N) is 1. The molecular weight excluding hydrogens is 762 g/mol. The molecule has 0 saturated heterocycles. The van der Waals surface area contributed by atoms with Gasteiger partial charge in [-0.15, -0.1) is 0 Å². The molecule has 0 bridgehead atoms. The molecular formula is C49H90NO8P. The maximum absolute atomic E-state index is 12.6. The highest BCUT2D eigenvalue weighted by molar-refractivity contribution is 7.47. The van der Waals surface area contributed by atoms with Crippen LogP contribution >= 0.6 is 7.82 Å². The fourth-order valence-corrected chi connectivity index (χ4v) is 7.34. The predicted octanol–water partition coefficient (Wildman–Crippen LogP) is 14.3. The number of allylic oxidation sites excluding steroid dienone is 8. The topological polar surface area (TPSA) is 134 Å². The molecule has 0 aromatic carbocycles. The van der Waals surface area contributed by atoms with Crippen LogP contribution in [-0.2, 0) is 32.7 Å². The van der Waals surface area contributed by atoms with Gasteiger partial charge in [0.15, 0.2) is 6.10 Å². The maximum Gasteiger partial charge on any atom is 0.472 e. The number of phosphoric ester groups is 1. The van der Waals surface area contributed by atoms with E-state index in [9.17, 15) is 19.0 Å². The van der Waals surface area contributed by atoms with E-state index in [2.05, 4.69) is 62.5 Å². The molecule has 10 heteroatoms. The number of phosphoric acid groups is 1. The van der Waals surface area contributed by atoms with Gasteiger partial charge >= 0.3 is 19.8 Å². The summed E-state index contributed by atoms with van der Waals surface area (Å²) in [5, 5.41) is 0. The molecule has 0 rings (SSSR count). The van der Waals surface area contributed by atoms with E-state index in [4.69, 9.17) is 24.3 Å². The van der Waals surface area contributed by atoms with Crippen molar-refractivity contribution in [2.45, 2.75) is 225 Å². The molecule has 0 amide bonds. The van der Waals surface area contributed by atoms with Crippen LogP contribution in [-0.4, -0.2) is 49.3 Å². The maximum atomic E-state index is 12.6. The van der Waals surface area contributed by atoms with Crippen molar-refractivity contribution in [2.75, 3.05) is 26.4 Å². The summed E-state index contributed by atoms with van der Waals surface area (Å²) in [5.41, 5.74) is 5.36. The highest BCUT2D eigenvalue weighted by Crippen LogP contribution is 2.43. The molecule has 344 valence electrons. The molecule has 0 saturated carbocycles. The molecule has 0 spiro atoms. The van der Waals surface area contributed by atoms with Crippen LogP contribution in [0.25, 0.3) is 0 Å². The molecule has 0 heterocycles. The molecule has 9 nitrogen and oxygen atoms in total. The molecule has 3 N–H and O–H groups in total. The lowest BCUT2D eigenvalue weighted by Gasteiger charge is -2.19. The van der Waals surface area contributed by atoms with Crippen LogP contribution < -0.4 is 5.73 Å². The molecule has 0 aromatic heterocycles. The molecule has 0 aliphatic heterocycles. The Hall–Kier alpha value is -2.03. The fraction of sp³-hybridized carbons (Fsp3) is 0.796. The van der Waals surface area contributed by atoms with E-state index in [-0.39, 0.29) is 32.6 Å². The van der Waals surface area contributed by atoms with Crippen LogP contribution in [0.1, 0.15) is 219 Å². The minimum Gasteiger partial charge on any atom is -0.462 e. The van der Waals surface area contributed by atoms with Gasteiger partial charge in [0.2, 0.25) is 0 Å². The van der Waals surface area contributed by atoms with Crippen molar-refractivity contribution in [1.29, 1.82) is 0 Å². The Labute approximate surface area is 362 Å². The molecule has 0 aliphatic carbocycles. The van der Waals surface area contributed by atoms with Gasteiger partial charge in [0.05, 0.1) is 13.2 Å². The number of hydrogen-bond donors (Lipinski definition) is 2. The zero-order chi connectivity index (χ0) is 43.2. The third-order valence-electron chi connectivity index (χ3n) is 10.2. The standard InChI is InChI=1S/C49H90NO8P/c1-3-5-7-9-11-13-15-17-19-20-21-22-23-24-25-26-28-30-32-34-36-38-40-42-49(52)58-47(46-57-59(53,54)56-44-43-50)45-55-48(51)41-39-37-35-33-31-29-27-18-16-14-12-10-8-6-4-2/h15,17-18,20-21,23-24,27,47H,3-14,16,19,22,25-26,28-46,50H2,1-2H3,(H,53,54)/b17-15-,21-20-,24-23-,27-18-. The van der Waals surface area contributed by atoms with Crippen molar-refractivity contribution in [3.63, 3.8) is 0 Å². The highest BCUT2D eigenvalue weighted by atomic mass is 31.2. The Morgan fingerprint density at radius 3 is 1.32 bits per heavy atom. The lowest BCUT2D eigenvalue weighted by atomic mass is 10.1. The monoisotopic (exact) mass is 852 g/mol. The Kier molecular flexibility index (Phi) is 43.9. The number of rotatable bonds is 45. The van der Waals surface area contributed by atoms with Gasteiger partial charge in [0.1, 0.15) is 6.61 Å². The second-order valence-corrected chi connectivity index (χ2v) is 17.4. The van der Waals surface area contributed by atoms with Gasteiger partial charge in [-0.3, -0.25) is 18.6 Å². The SMILES string of the molecule is CCCCCCC/C=C\C/C=C\C/C=C\CCCCCCCCCCC(=O)OC(COC(=O)CCCCCCC/C=C\CCCCCCCC)COP(=O)(O)OCCN. The van der Waals surface area contributed by atoms with Crippen LogP contribution in [0.15, 0.2) is 48.6 Å². The van der Waals surface area contributed by atoms with E-state index in [1.54, 1.807) is 0 Å². The molecule has 2 unspecified atom stereocenters. The van der Waals surface area contributed by atoms with E-state index >= 15 is 0 Å². The van der Waals surface area contributed by atoms with Crippen LogP contribution in [0.3, 0.4) is 0 Å².